The Kier molecular flexibility index (Phi) is 6.57. The minimum absolute atomic E-state index is 0.155. The van der Waals surface area contributed by atoms with Gasteiger partial charge in [0.05, 0.1) is 0 Å². The first-order chi connectivity index (χ1) is 13.2. The Morgan fingerprint density at radius 1 is 1.14 bits per heavy atom. The summed E-state index contributed by atoms with van der Waals surface area (Å²) in [5.41, 5.74) is -0.521. The first kappa shape index (κ1) is 22.7. The van der Waals surface area contributed by atoms with E-state index in [0.717, 1.165) is 4.90 Å². The van der Waals surface area contributed by atoms with Crippen LogP contribution in [0.15, 0.2) is 17.7 Å². The Morgan fingerprint density at radius 3 is 2.34 bits per heavy atom. The molecule has 0 saturated carbocycles. The zero-order chi connectivity index (χ0) is 22.0. The molecule has 0 bridgehead atoms. The van der Waals surface area contributed by atoms with Gasteiger partial charge >= 0.3 is 12.2 Å². The van der Waals surface area contributed by atoms with Crippen molar-refractivity contribution in [2.45, 2.75) is 59.2 Å². The largest absolute Gasteiger partial charge is 0.444 e. The molecule has 2 rings (SSSR count). The molecule has 1 aromatic rings. The SMILES string of the molecule is CC(C)(C)OC(=O)Nc1nc(Cl)ccc1/C=C1\CCN(C(=O)OC(C)(C)C)C1=O. The number of amides is 3. The number of pyridine rings is 1. The molecule has 158 valence electrons. The van der Waals surface area contributed by atoms with E-state index in [4.69, 9.17) is 21.1 Å². The van der Waals surface area contributed by atoms with Crippen LogP contribution in [0.5, 0.6) is 0 Å². The van der Waals surface area contributed by atoms with Gasteiger partial charge in [0.1, 0.15) is 22.2 Å². The zero-order valence-corrected chi connectivity index (χ0v) is 18.2. The number of aromatic nitrogens is 1. The van der Waals surface area contributed by atoms with Gasteiger partial charge in [-0.15, -0.1) is 0 Å². The molecule has 1 aromatic heterocycles. The van der Waals surface area contributed by atoms with Gasteiger partial charge in [-0.2, -0.15) is 0 Å². The van der Waals surface area contributed by atoms with Gasteiger partial charge in [-0.05, 0) is 66.2 Å². The number of imide groups is 1. The number of carbonyl (C=O) groups excluding carboxylic acids is 3. The predicted molar refractivity (Wildman–Crippen MR) is 110 cm³/mol. The first-order valence-electron chi connectivity index (χ1n) is 9.17. The van der Waals surface area contributed by atoms with E-state index in [-0.39, 0.29) is 17.5 Å². The number of ether oxygens (including phenoxy) is 2. The highest BCUT2D eigenvalue weighted by Gasteiger charge is 2.34. The number of hydrogen-bond donors (Lipinski definition) is 1. The molecule has 1 saturated heterocycles. The van der Waals surface area contributed by atoms with Crippen LogP contribution in [-0.2, 0) is 14.3 Å². The maximum absolute atomic E-state index is 12.6. The van der Waals surface area contributed by atoms with Crippen LogP contribution in [0.2, 0.25) is 5.15 Å². The van der Waals surface area contributed by atoms with E-state index in [0.29, 0.717) is 17.6 Å². The average molecular weight is 424 g/mol. The number of nitrogens with zero attached hydrogens (tertiary/aromatic N) is 2. The van der Waals surface area contributed by atoms with Gasteiger partial charge in [0.15, 0.2) is 0 Å². The van der Waals surface area contributed by atoms with Crippen LogP contribution >= 0.6 is 11.6 Å². The van der Waals surface area contributed by atoms with Crippen molar-refractivity contribution in [1.29, 1.82) is 0 Å². The summed E-state index contributed by atoms with van der Waals surface area (Å²) in [6.07, 6.45) is 0.544. The third-order valence-electron chi connectivity index (χ3n) is 3.58. The molecule has 1 aliphatic rings. The van der Waals surface area contributed by atoms with Crippen molar-refractivity contribution in [3.05, 3.63) is 28.4 Å². The lowest BCUT2D eigenvalue weighted by atomic mass is 10.1. The van der Waals surface area contributed by atoms with Crippen molar-refractivity contribution < 1.29 is 23.9 Å². The van der Waals surface area contributed by atoms with Crippen LogP contribution in [0.4, 0.5) is 15.4 Å². The number of rotatable bonds is 2. The fourth-order valence-corrected chi connectivity index (χ4v) is 2.64. The Morgan fingerprint density at radius 2 is 1.76 bits per heavy atom. The van der Waals surface area contributed by atoms with Crippen LogP contribution < -0.4 is 5.32 Å². The van der Waals surface area contributed by atoms with Gasteiger partial charge in [0.25, 0.3) is 5.91 Å². The van der Waals surface area contributed by atoms with Crippen molar-refractivity contribution in [3.8, 4) is 0 Å². The molecule has 0 aromatic carbocycles. The molecule has 0 radical (unpaired) electrons. The third-order valence-corrected chi connectivity index (χ3v) is 3.79. The number of nitrogens with one attached hydrogen (secondary N) is 1. The second-order valence-electron chi connectivity index (χ2n) is 8.56. The van der Waals surface area contributed by atoms with Crippen molar-refractivity contribution in [1.82, 2.24) is 9.88 Å². The maximum atomic E-state index is 12.6. The molecule has 9 heteroatoms. The molecule has 8 nitrogen and oxygen atoms in total. The summed E-state index contributed by atoms with van der Waals surface area (Å²) >= 11 is 5.94. The quantitative estimate of drug-likeness (QED) is 0.550. The van der Waals surface area contributed by atoms with E-state index >= 15 is 0 Å². The van der Waals surface area contributed by atoms with Crippen molar-refractivity contribution >= 4 is 41.6 Å². The number of likely N-dealkylation sites (tertiary alicyclic amines) is 1. The zero-order valence-electron chi connectivity index (χ0n) is 17.5. The standard InChI is InChI=1S/C20H26ClN3O5/c1-19(2,3)28-17(26)23-15-12(7-8-14(21)22-15)11-13-9-10-24(16(13)25)18(27)29-20(4,5)6/h7-8,11H,9-10H2,1-6H3,(H,22,23,26)/b13-11+. The highest BCUT2D eigenvalue weighted by Crippen LogP contribution is 2.26. The highest BCUT2D eigenvalue weighted by atomic mass is 35.5. The molecular weight excluding hydrogens is 398 g/mol. The molecule has 0 atom stereocenters. The molecule has 1 aliphatic heterocycles. The fraction of sp³-hybridized carbons (Fsp3) is 0.500. The predicted octanol–water partition coefficient (Wildman–Crippen LogP) is 4.63. The lowest BCUT2D eigenvalue weighted by Gasteiger charge is -2.23. The molecule has 1 N–H and O–H groups in total. The minimum atomic E-state index is -0.700. The monoisotopic (exact) mass is 423 g/mol. The Balaban J connectivity index is 2.23. The summed E-state index contributed by atoms with van der Waals surface area (Å²) in [6.45, 7) is 10.6. The van der Waals surface area contributed by atoms with Gasteiger partial charge in [0, 0.05) is 17.7 Å². The second kappa shape index (κ2) is 8.41. The molecular formula is C20H26ClN3O5. The summed E-state index contributed by atoms with van der Waals surface area (Å²) < 4.78 is 10.5. The van der Waals surface area contributed by atoms with Crippen LogP contribution in [0, 0.1) is 0 Å². The highest BCUT2D eigenvalue weighted by molar-refractivity contribution is 6.29. The van der Waals surface area contributed by atoms with Gasteiger partial charge in [-0.25, -0.2) is 19.5 Å². The lowest BCUT2D eigenvalue weighted by Crippen LogP contribution is -2.37. The van der Waals surface area contributed by atoms with Crippen molar-refractivity contribution in [3.63, 3.8) is 0 Å². The van der Waals surface area contributed by atoms with E-state index in [2.05, 4.69) is 10.3 Å². The fourth-order valence-electron chi connectivity index (χ4n) is 2.49. The summed E-state index contributed by atoms with van der Waals surface area (Å²) in [5, 5.41) is 2.72. The van der Waals surface area contributed by atoms with E-state index in [1.165, 1.54) is 0 Å². The van der Waals surface area contributed by atoms with E-state index in [1.54, 1.807) is 59.8 Å². The molecule has 3 amide bonds. The third kappa shape index (κ3) is 6.74. The van der Waals surface area contributed by atoms with E-state index in [1.807, 2.05) is 0 Å². The summed E-state index contributed by atoms with van der Waals surface area (Å²) in [5.74, 6) is -0.291. The lowest BCUT2D eigenvalue weighted by molar-refractivity contribution is -0.124. The van der Waals surface area contributed by atoms with Crippen molar-refractivity contribution in [2.24, 2.45) is 0 Å². The Hall–Kier alpha value is -2.61. The number of anilines is 1. The number of hydrogen-bond acceptors (Lipinski definition) is 6. The topological polar surface area (TPSA) is 97.8 Å². The maximum Gasteiger partial charge on any atom is 0.417 e. The Labute approximate surface area is 175 Å². The second-order valence-corrected chi connectivity index (χ2v) is 8.94. The first-order valence-corrected chi connectivity index (χ1v) is 9.55. The van der Waals surface area contributed by atoms with Crippen LogP contribution in [0.1, 0.15) is 53.5 Å². The Bertz CT molecular complexity index is 853. The van der Waals surface area contributed by atoms with Crippen LogP contribution in [0.3, 0.4) is 0 Å². The smallest absolute Gasteiger partial charge is 0.417 e. The van der Waals surface area contributed by atoms with Crippen LogP contribution in [-0.4, -0.2) is 45.7 Å². The van der Waals surface area contributed by atoms with Crippen LogP contribution in [0.25, 0.3) is 6.08 Å². The number of halogens is 1. The van der Waals surface area contributed by atoms with Gasteiger partial charge in [-0.1, -0.05) is 11.6 Å². The average Bonchev–Trinajstić information content (AvgIpc) is 2.87. The summed E-state index contributed by atoms with van der Waals surface area (Å²) in [6, 6.07) is 3.16. The molecule has 0 aliphatic carbocycles. The van der Waals surface area contributed by atoms with Gasteiger partial charge < -0.3 is 9.47 Å². The minimum Gasteiger partial charge on any atom is -0.444 e. The summed E-state index contributed by atoms with van der Waals surface area (Å²) in [7, 11) is 0. The van der Waals surface area contributed by atoms with E-state index < -0.39 is 29.3 Å². The number of carbonyl (C=O) groups is 3. The van der Waals surface area contributed by atoms with Crippen molar-refractivity contribution in [2.75, 3.05) is 11.9 Å². The molecule has 0 unspecified atom stereocenters. The van der Waals surface area contributed by atoms with Gasteiger partial charge in [-0.3, -0.25) is 10.1 Å². The molecule has 29 heavy (non-hydrogen) atoms. The molecule has 0 spiro atoms. The normalized spacial score (nSPS) is 16.2. The van der Waals surface area contributed by atoms with Gasteiger partial charge in [0.2, 0.25) is 0 Å². The van der Waals surface area contributed by atoms with E-state index in [9.17, 15) is 14.4 Å². The molecule has 2 heterocycles. The molecule has 1 fully saturated rings. The summed E-state index contributed by atoms with van der Waals surface area (Å²) in [4.78, 5) is 42.1.